The third-order valence-electron chi connectivity index (χ3n) is 2.02. The molecule has 2 heterocycles. The first kappa shape index (κ1) is 11.7. The maximum absolute atomic E-state index is 13.3. The lowest BCUT2D eigenvalue weighted by molar-refractivity contribution is 0.102. The van der Waals surface area contributed by atoms with Gasteiger partial charge in [0.15, 0.2) is 5.82 Å². The molecule has 0 aliphatic carbocycles. The van der Waals surface area contributed by atoms with Crippen molar-refractivity contribution in [2.24, 2.45) is 0 Å². The van der Waals surface area contributed by atoms with E-state index < -0.39 is 11.7 Å². The van der Waals surface area contributed by atoms with E-state index in [1.54, 1.807) is 18.3 Å². The fourth-order valence-corrected chi connectivity index (χ4v) is 1.58. The Balaban J connectivity index is 2.24. The molecule has 0 radical (unpaired) electrons. The summed E-state index contributed by atoms with van der Waals surface area (Å²) in [5.74, 6) is -1.20. The highest BCUT2D eigenvalue weighted by Gasteiger charge is 2.12. The van der Waals surface area contributed by atoms with E-state index in [2.05, 4.69) is 31.2 Å². The van der Waals surface area contributed by atoms with Crippen LogP contribution in [0.2, 0.25) is 0 Å². The molecule has 0 atom stereocenters. The van der Waals surface area contributed by atoms with Gasteiger partial charge in [0.25, 0.3) is 5.91 Å². The molecule has 0 spiro atoms. The molecule has 0 aliphatic rings. The highest BCUT2D eigenvalue weighted by atomic mass is 79.9. The highest BCUT2D eigenvalue weighted by Crippen LogP contribution is 2.19. The van der Waals surface area contributed by atoms with Crippen LogP contribution >= 0.6 is 15.9 Å². The summed E-state index contributed by atoms with van der Waals surface area (Å²) in [5.41, 5.74) is 0.421. The van der Waals surface area contributed by atoms with Crippen molar-refractivity contribution in [3.8, 4) is 0 Å². The van der Waals surface area contributed by atoms with Gasteiger partial charge in [-0.25, -0.2) is 9.37 Å². The summed E-state index contributed by atoms with van der Waals surface area (Å²) in [7, 11) is 0. The number of carbonyl (C=O) groups excluding carboxylic acids is 1. The number of anilines is 1. The van der Waals surface area contributed by atoms with Crippen molar-refractivity contribution in [3.05, 3.63) is 52.8 Å². The van der Waals surface area contributed by atoms with Crippen LogP contribution in [-0.2, 0) is 0 Å². The zero-order chi connectivity index (χ0) is 12.3. The predicted octanol–water partition coefficient (Wildman–Crippen LogP) is 2.63. The Morgan fingerprint density at radius 3 is 2.88 bits per heavy atom. The predicted molar refractivity (Wildman–Crippen MR) is 64.1 cm³/mol. The number of nitrogens with zero attached hydrogens (tertiary/aromatic N) is 2. The third-order valence-corrected chi connectivity index (χ3v) is 2.66. The number of hydrogen-bond donors (Lipinski definition) is 1. The SMILES string of the molecule is O=C(Nc1cccnc1Br)c1ccncc1F. The summed E-state index contributed by atoms with van der Waals surface area (Å²) < 4.78 is 13.8. The molecule has 1 amide bonds. The maximum Gasteiger partial charge on any atom is 0.258 e. The van der Waals surface area contributed by atoms with E-state index >= 15 is 0 Å². The van der Waals surface area contributed by atoms with Gasteiger partial charge in [0.2, 0.25) is 0 Å². The Hall–Kier alpha value is -1.82. The Morgan fingerprint density at radius 1 is 1.35 bits per heavy atom. The molecule has 0 bridgehead atoms. The monoisotopic (exact) mass is 295 g/mol. The van der Waals surface area contributed by atoms with Crippen LogP contribution < -0.4 is 5.32 Å². The molecule has 0 unspecified atom stereocenters. The van der Waals surface area contributed by atoms with Gasteiger partial charge in [-0.3, -0.25) is 9.78 Å². The van der Waals surface area contributed by atoms with Crippen molar-refractivity contribution in [1.82, 2.24) is 9.97 Å². The van der Waals surface area contributed by atoms with Crippen molar-refractivity contribution in [2.45, 2.75) is 0 Å². The quantitative estimate of drug-likeness (QED) is 0.867. The van der Waals surface area contributed by atoms with E-state index in [1.165, 1.54) is 12.3 Å². The van der Waals surface area contributed by atoms with Crippen LogP contribution in [0.25, 0.3) is 0 Å². The highest BCUT2D eigenvalue weighted by molar-refractivity contribution is 9.10. The second-order valence-corrected chi connectivity index (χ2v) is 3.90. The van der Waals surface area contributed by atoms with Crippen LogP contribution in [0.3, 0.4) is 0 Å². The van der Waals surface area contributed by atoms with Crippen LogP contribution in [0.1, 0.15) is 10.4 Å². The summed E-state index contributed by atoms with van der Waals surface area (Å²) >= 11 is 3.18. The molecule has 1 N–H and O–H groups in total. The molecule has 0 aromatic carbocycles. The van der Waals surface area contributed by atoms with Crippen LogP contribution in [-0.4, -0.2) is 15.9 Å². The number of pyridine rings is 2. The molecule has 86 valence electrons. The van der Waals surface area contributed by atoms with Gasteiger partial charge in [-0.05, 0) is 34.1 Å². The van der Waals surface area contributed by atoms with Crippen LogP contribution in [0.4, 0.5) is 10.1 Å². The van der Waals surface area contributed by atoms with E-state index in [0.717, 1.165) is 6.20 Å². The first-order chi connectivity index (χ1) is 8.18. The van der Waals surface area contributed by atoms with E-state index in [4.69, 9.17) is 0 Å². The molecular formula is C11H7BrFN3O. The summed E-state index contributed by atoms with van der Waals surface area (Å²) in [6.45, 7) is 0. The number of nitrogens with one attached hydrogen (secondary N) is 1. The minimum absolute atomic E-state index is 0.0595. The van der Waals surface area contributed by atoms with Gasteiger partial charge in [-0.2, -0.15) is 0 Å². The maximum atomic E-state index is 13.3. The number of hydrogen-bond acceptors (Lipinski definition) is 3. The molecule has 2 aromatic rings. The average molecular weight is 296 g/mol. The minimum Gasteiger partial charge on any atom is -0.320 e. The fourth-order valence-electron chi connectivity index (χ4n) is 1.23. The Morgan fingerprint density at radius 2 is 2.18 bits per heavy atom. The standard InChI is InChI=1S/C11H7BrFN3O/c12-10-9(2-1-4-15-10)16-11(17)7-3-5-14-6-8(7)13/h1-6H,(H,16,17). The van der Waals surface area contributed by atoms with Crippen molar-refractivity contribution < 1.29 is 9.18 Å². The molecule has 2 aromatic heterocycles. The Bertz CT molecular complexity index is 562. The number of amides is 1. The van der Waals surface area contributed by atoms with Crippen molar-refractivity contribution in [1.29, 1.82) is 0 Å². The van der Waals surface area contributed by atoms with Crippen LogP contribution in [0.5, 0.6) is 0 Å². The van der Waals surface area contributed by atoms with Gasteiger partial charge in [0, 0.05) is 12.4 Å². The Kier molecular flexibility index (Phi) is 3.43. The second kappa shape index (κ2) is 5.01. The largest absolute Gasteiger partial charge is 0.320 e. The van der Waals surface area contributed by atoms with Crippen LogP contribution in [0, 0.1) is 5.82 Å². The number of carbonyl (C=O) groups is 1. The number of aromatic nitrogens is 2. The lowest BCUT2D eigenvalue weighted by atomic mass is 10.2. The molecule has 0 fully saturated rings. The fraction of sp³-hybridized carbons (Fsp3) is 0. The van der Waals surface area contributed by atoms with Gasteiger partial charge in [0.05, 0.1) is 17.4 Å². The molecule has 0 saturated heterocycles. The molecule has 4 nitrogen and oxygen atoms in total. The summed E-state index contributed by atoms with van der Waals surface area (Å²) in [5, 5.41) is 2.55. The third kappa shape index (κ3) is 2.65. The molecule has 2 rings (SSSR count). The number of halogens is 2. The molecule has 6 heteroatoms. The smallest absolute Gasteiger partial charge is 0.258 e. The van der Waals surface area contributed by atoms with E-state index in [1.807, 2.05) is 0 Å². The normalized spacial score (nSPS) is 10.0. The summed E-state index contributed by atoms with van der Waals surface area (Å²) in [6.07, 6.45) is 3.93. The van der Waals surface area contributed by atoms with Gasteiger partial charge >= 0.3 is 0 Å². The lowest BCUT2D eigenvalue weighted by Crippen LogP contribution is -2.14. The molecule has 0 saturated carbocycles. The average Bonchev–Trinajstić information content (AvgIpc) is 2.32. The van der Waals surface area contributed by atoms with Gasteiger partial charge in [-0.1, -0.05) is 0 Å². The lowest BCUT2D eigenvalue weighted by Gasteiger charge is -2.06. The first-order valence-electron chi connectivity index (χ1n) is 4.70. The van der Waals surface area contributed by atoms with E-state index in [9.17, 15) is 9.18 Å². The van der Waals surface area contributed by atoms with Crippen molar-refractivity contribution >= 4 is 27.5 Å². The minimum atomic E-state index is -0.662. The van der Waals surface area contributed by atoms with Crippen LogP contribution in [0.15, 0.2) is 41.4 Å². The van der Waals surface area contributed by atoms with Gasteiger partial charge < -0.3 is 5.32 Å². The van der Waals surface area contributed by atoms with Crippen molar-refractivity contribution in [2.75, 3.05) is 5.32 Å². The molecule has 17 heavy (non-hydrogen) atoms. The summed E-state index contributed by atoms with van der Waals surface area (Å²) in [6, 6.07) is 4.65. The Labute approximate surface area is 105 Å². The van der Waals surface area contributed by atoms with E-state index in [-0.39, 0.29) is 5.56 Å². The van der Waals surface area contributed by atoms with Gasteiger partial charge in [-0.15, -0.1) is 0 Å². The van der Waals surface area contributed by atoms with Crippen molar-refractivity contribution in [3.63, 3.8) is 0 Å². The molecular weight excluding hydrogens is 289 g/mol. The topological polar surface area (TPSA) is 54.9 Å². The zero-order valence-corrected chi connectivity index (χ0v) is 10.1. The number of rotatable bonds is 2. The zero-order valence-electron chi connectivity index (χ0n) is 8.52. The summed E-state index contributed by atoms with van der Waals surface area (Å²) in [4.78, 5) is 19.3. The van der Waals surface area contributed by atoms with E-state index in [0.29, 0.717) is 10.3 Å². The molecule has 0 aliphatic heterocycles. The van der Waals surface area contributed by atoms with Gasteiger partial charge in [0.1, 0.15) is 4.60 Å². The first-order valence-corrected chi connectivity index (χ1v) is 5.49. The second-order valence-electron chi connectivity index (χ2n) is 3.15.